The SMILES string of the molecule is CCNC(=NCCN1CCCCC1)NC1CCN(c2ncccc2Cl)C1.I. The van der Waals surface area contributed by atoms with Crippen LogP contribution in [-0.4, -0.2) is 67.7 Å². The molecule has 1 aromatic rings. The summed E-state index contributed by atoms with van der Waals surface area (Å²) in [6, 6.07) is 4.13. The third-order valence-corrected chi connectivity index (χ3v) is 5.34. The number of halogens is 2. The van der Waals surface area contributed by atoms with Gasteiger partial charge >= 0.3 is 0 Å². The van der Waals surface area contributed by atoms with E-state index in [-0.39, 0.29) is 24.0 Å². The highest BCUT2D eigenvalue weighted by Crippen LogP contribution is 2.25. The van der Waals surface area contributed by atoms with Gasteiger partial charge in [0.1, 0.15) is 5.82 Å². The van der Waals surface area contributed by atoms with E-state index >= 15 is 0 Å². The number of hydrogen-bond donors (Lipinski definition) is 2. The lowest BCUT2D eigenvalue weighted by molar-refractivity contribution is 0.235. The molecule has 27 heavy (non-hydrogen) atoms. The minimum absolute atomic E-state index is 0. The summed E-state index contributed by atoms with van der Waals surface area (Å²) < 4.78 is 0. The summed E-state index contributed by atoms with van der Waals surface area (Å²) in [5, 5.41) is 7.67. The Labute approximate surface area is 185 Å². The minimum atomic E-state index is 0. The second kappa shape index (κ2) is 11.9. The quantitative estimate of drug-likeness (QED) is 0.353. The van der Waals surface area contributed by atoms with Gasteiger partial charge in [0.05, 0.1) is 11.6 Å². The van der Waals surface area contributed by atoms with Crippen molar-refractivity contribution in [1.82, 2.24) is 20.5 Å². The Balaban J connectivity index is 0.00000261. The van der Waals surface area contributed by atoms with Gasteiger partial charge in [-0.15, -0.1) is 24.0 Å². The predicted molar refractivity (Wildman–Crippen MR) is 125 cm³/mol. The molecule has 0 amide bonds. The zero-order chi connectivity index (χ0) is 18.2. The van der Waals surface area contributed by atoms with Gasteiger partial charge in [-0.25, -0.2) is 4.98 Å². The molecular weight excluding hydrogens is 475 g/mol. The molecule has 0 spiro atoms. The van der Waals surface area contributed by atoms with Crippen LogP contribution in [0.15, 0.2) is 23.3 Å². The minimum Gasteiger partial charge on any atom is -0.357 e. The maximum Gasteiger partial charge on any atom is 0.191 e. The van der Waals surface area contributed by atoms with E-state index in [9.17, 15) is 0 Å². The Morgan fingerprint density at radius 3 is 2.85 bits per heavy atom. The van der Waals surface area contributed by atoms with E-state index < -0.39 is 0 Å². The summed E-state index contributed by atoms with van der Waals surface area (Å²) >= 11 is 6.28. The smallest absolute Gasteiger partial charge is 0.191 e. The van der Waals surface area contributed by atoms with Crippen LogP contribution in [0, 0.1) is 0 Å². The first-order chi connectivity index (χ1) is 12.8. The summed E-state index contributed by atoms with van der Waals surface area (Å²) in [5.74, 6) is 1.80. The van der Waals surface area contributed by atoms with Gasteiger partial charge in [0.25, 0.3) is 0 Å². The Kier molecular flexibility index (Phi) is 9.92. The first-order valence-corrected chi connectivity index (χ1v) is 10.3. The number of rotatable bonds is 6. The number of pyridine rings is 1. The fraction of sp³-hybridized carbons (Fsp3) is 0.684. The van der Waals surface area contributed by atoms with Crippen molar-refractivity contribution < 1.29 is 0 Å². The molecule has 152 valence electrons. The average Bonchev–Trinajstić information content (AvgIpc) is 3.11. The zero-order valence-corrected chi connectivity index (χ0v) is 19.2. The standard InChI is InChI=1S/C19H31ClN6.HI/c1-2-21-19(23-10-14-25-11-4-3-5-12-25)24-16-8-13-26(15-16)18-17(20)7-6-9-22-18;/h6-7,9,16H,2-5,8,10-15H2,1H3,(H2,21,23,24);1H. The van der Waals surface area contributed by atoms with Gasteiger partial charge < -0.3 is 20.4 Å². The molecule has 2 aliphatic rings. The van der Waals surface area contributed by atoms with Gasteiger partial charge in [0.2, 0.25) is 0 Å². The van der Waals surface area contributed by atoms with Crippen LogP contribution in [0.25, 0.3) is 0 Å². The molecule has 1 unspecified atom stereocenters. The highest BCUT2D eigenvalue weighted by Gasteiger charge is 2.25. The Hall–Kier alpha value is -0.800. The number of nitrogens with one attached hydrogen (secondary N) is 2. The molecule has 0 radical (unpaired) electrons. The lowest BCUT2D eigenvalue weighted by Gasteiger charge is -2.25. The summed E-state index contributed by atoms with van der Waals surface area (Å²) in [4.78, 5) is 14.0. The van der Waals surface area contributed by atoms with Gasteiger partial charge in [0.15, 0.2) is 5.96 Å². The van der Waals surface area contributed by atoms with Crippen LogP contribution in [0.4, 0.5) is 5.82 Å². The van der Waals surface area contributed by atoms with E-state index in [0.29, 0.717) is 6.04 Å². The maximum atomic E-state index is 6.28. The first kappa shape index (κ1) is 22.5. The van der Waals surface area contributed by atoms with E-state index in [4.69, 9.17) is 16.6 Å². The number of guanidine groups is 1. The second-order valence-corrected chi connectivity index (χ2v) is 7.45. The highest BCUT2D eigenvalue weighted by atomic mass is 127. The van der Waals surface area contributed by atoms with Crippen LogP contribution in [0.1, 0.15) is 32.6 Å². The number of likely N-dealkylation sites (tertiary alicyclic amines) is 1. The second-order valence-electron chi connectivity index (χ2n) is 7.05. The molecule has 1 atom stereocenters. The van der Waals surface area contributed by atoms with E-state index in [0.717, 1.165) is 55.9 Å². The van der Waals surface area contributed by atoms with Crippen molar-refractivity contribution in [3.63, 3.8) is 0 Å². The van der Waals surface area contributed by atoms with Crippen LogP contribution in [0.2, 0.25) is 5.02 Å². The molecule has 2 fully saturated rings. The van der Waals surface area contributed by atoms with Crippen LogP contribution in [0.3, 0.4) is 0 Å². The molecule has 0 bridgehead atoms. The summed E-state index contributed by atoms with van der Waals surface area (Å²) in [6.07, 6.45) is 6.89. The van der Waals surface area contributed by atoms with E-state index in [1.165, 1.54) is 32.4 Å². The van der Waals surface area contributed by atoms with Crippen molar-refractivity contribution in [2.45, 2.75) is 38.6 Å². The number of piperidine rings is 1. The summed E-state index contributed by atoms with van der Waals surface area (Å²) in [7, 11) is 0. The summed E-state index contributed by atoms with van der Waals surface area (Å²) in [6.45, 7) is 9.18. The Morgan fingerprint density at radius 1 is 1.30 bits per heavy atom. The molecule has 2 saturated heterocycles. The fourth-order valence-electron chi connectivity index (χ4n) is 3.68. The van der Waals surface area contributed by atoms with Gasteiger partial charge in [-0.05, 0) is 51.4 Å². The number of aromatic nitrogens is 1. The molecule has 2 aliphatic heterocycles. The lowest BCUT2D eigenvalue weighted by Crippen LogP contribution is -2.45. The van der Waals surface area contributed by atoms with E-state index in [2.05, 4.69) is 32.3 Å². The van der Waals surface area contributed by atoms with Crippen molar-refractivity contribution in [1.29, 1.82) is 0 Å². The molecule has 6 nitrogen and oxygen atoms in total. The number of aliphatic imine (C=N–C) groups is 1. The lowest BCUT2D eigenvalue weighted by atomic mass is 10.1. The largest absolute Gasteiger partial charge is 0.357 e. The zero-order valence-electron chi connectivity index (χ0n) is 16.2. The van der Waals surface area contributed by atoms with Crippen molar-refractivity contribution in [2.75, 3.05) is 50.7 Å². The maximum absolute atomic E-state index is 6.28. The summed E-state index contributed by atoms with van der Waals surface area (Å²) in [5.41, 5.74) is 0. The van der Waals surface area contributed by atoms with Crippen LogP contribution in [0.5, 0.6) is 0 Å². The molecule has 8 heteroatoms. The Bertz CT molecular complexity index is 593. The van der Waals surface area contributed by atoms with Crippen LogP contribution in [-0.2, 0) is 0 Å². The molecule has 2 N–H and O–H groups in total. The van der Waals surface area contributed by atoms with Crippen molar-refractivity contribution in [3.05, 3.63) is 23.4 Å². The van der Waals surface area contributed by atoms with Crippen LogP contribution >= 0.6 is 35.6 Å². The molecular formula is C19H32ClIN6. The predicted octanol–water partition coefficient (Wildman–Crippen LogP) is 2.97. The molecule has 1 aromatic heterocycles. The molecule has 0 aromatic carbocycles. The normalized spacial score (nSPS) is 21.0. The van der Waals surface area contributed by atoms with E-state index in [1.54, 1.807) is 6.20 Å². The van der Waals surface area contributed by atoms with Gasteiger partial charge in [-0.1, -0.05) is 18.0 Å². The topological polar surface area (TPSA) is 55.8 Å². The number of anilines is 1. The van der Waals surface area contributed by atoms with Crippen molar-refractivity contribution >= 4 is 47.4 Å². The molecule has 0 aliphatic carbocycles. The van der Waals surface area contributed by atoms with E-state index in [1.807, 2.05) is 12.1 Å². The highest BCUT2D eigenvalue weighted by molar-refractivity contribution is 14.0. The fourth-order valence-corrected chi connectivity index (χ4v) is 3.92. The molecule has 3 rings (SSSR count). The third kappa shape index (κ3) is 6.94. The van der Waals surface area contributed by atoms with Crippen molar-refractivity contribution in [2.24, 2.45) is 4.99 Å². The van der Waals surface area contributed by atoms with Crippen molar-refractivity contribution in [3.8, 4) is 0 Å². The Morgan fingerprint density at radius 2 is 2.11 bits per heavy atom. The third-order valence-electron chi connectivity index (χ3n) is 5.05. The van der Waals surface area contributed by atoms with Gasteiger partial charge in [-0.2, -0.15) is 0 Å². The van der Waals surface area contributed by atoms with Gasteiger partial charge in [-0.3, -0.25) is 4.99 Å². The number of nitrogens with zero attached hydrogens (tertiary/aromatic N) is 4. The average molecular weight is 507 g/mol. The van der Waals surface area contributed by atoms with Gasteiger partial charge in [0, 0.05) is 38.4 Å². The first-order valence-electron chi connectivity index (χ1n) is 9.89. The number of hydrogen-bond acceptors (Lipinski definition) is 4. The molecule has 3 heterocycles. The monoisotopic (exact) mass is 506 g/mol. The van der Waals surface area contributed by atoms with Crippen LogP contribution < -0.4 is 15.5 Å². The molecule has 0 saturated carbocycles.